The fourth-order valence-corrected chi connectivity index (χ4v) is 3.13. The highest BCUT2D eigenvalue weighted by molar-refractivity contribution is 5.91. The maximum Gasteiger partial charge on any atom is 0.233 e. The fourth-order valence-electron chi connectivity index (χ4n) is 3.13. The van der Waals surface area contributed by atoms with Gasteiger partial charge in [0.05, 0.1) is 19.4 Å². The van der Waals surface area contributed by atoms with E-state index < -0.39 is 0 Å². The van der Waals surface area contributed by atoms with Crippen molar-refractivity contribution < 1.29 is 18.8 Å². The Labute approximate surface area is 162 Å². The zero-order chi connectivity index (χ0) is 19.5. The Bertz CT molecular complexity index is 982. The summed E-state index contributed by atoms with van der Waals surface area (Å²) in [5, 5.41) is 6.78. The third-order valence-electron chi connectivity index (χ3n) is 4.67. The number of fused-ring (bicyclic) bond motifs is 1. The summed E-state index contributed by atoms with van der Waals surface area (Å²) in [4.78, 5) is 16.6. The van der Waals surface area contributed by atoms with Gasteiger partial charge in [0.2, 0.25) is 11.8 Å². The van der Waals surface area contributed by atoms with Crippen LogP contribution in [0.3, 0.4) is 0 Å². The van der Waals surface area contributed by atoms with E-state index in [9.17, 15) is 4.79 Å². The molecule has 0 fully saturated rings. The summed E-state index contributed by atoms with van der Waals surface area (Å²) in [5.41, 5.74) is 2.94. The van der Waals surface area contributed by atoms with Crippen LogP contribution in [0, 0.1) is 6.92 Å². The smallest absolute Gasteiger partial charge is 0.233 e. The largest absolute Gasteiger partial charge is 0.497 e. The van der Waals surface area contributed by atoms with Crippen LogP contribution >= 0.6 is 0 Å². The number of hydrogen-bond acceptors (Lipinski definition) is 6. The highest BCUT2D eigenvalue weighted by atomic mass is 16.5. The number of anilines is 1. The number of amides is 1. The summed E-state index contributed by atoms with van der Waals surface area (Å²) in [6, 6.07) is 13.4. The molecule has 7 heteroatoms. The van der Waals surface area contributed by atoms with E-state index in [1.54, 1.807) is 7.11 Å². The molecule has 1 N–H and O–H groups in total. The first kappa shape index (κ1) is 18.0. The summed E-state index contributed by atoms with van der Waals surface area (Å²) in [6.45, 7) is 2.44. The number of benzene rings is 2. The Hall–Kier alpha value is -3.35. The van der Waals surface area contributed by atoms with Gasteiger partial charge < -0.3 is 19.3 Å². The maximum atomic E-state index is 12.2. The van der Waals surface area contributed by atoms with Crippen LogP contribution in [0.15, 0.2) is 47.0 Å². The molecule has 1 aliphatic rings. The van der Waals surface area contributed by atoms with E-state index in [1.807, 2.05) is 49.4 Å². The second kappa shape index (κ2) is 7.72. The first-order chi connectivity index (χ1) is 13.6. The summed E-state index contributed by atoms with van der Waals surface area (Å²) in [6.07, 6.45) is 0.787. The normalized spacial score (nSPS) is 15.4. The van der Waals surface area contributed by atoms with Gasteiger partial charge in [-0.2, -0.15) is 4.98 Å². The molecule has 2 aromatic carbocycles. The minimum atomic E-state index is -0.187. The third kappa shape index (κ3) is 3.98. The van der Waals surface area contributed by atoms with E-state index in [4.69, 9.17) is 14.0 Å². The SMILES string of the molecule is COc1ccc2c(c1)OC[C@H](c1nc(CC(=O)Nc3ccc(C)cc3)no1)C2. The summed E-state index contributed by atoms with van der Waals surface area (Å²) in [7, 11) is 1.63. The van der Waals surface area contributed by atoms with E-state index in [1.165, 1.54) is 0 Å². The lowest BCUT2D eigenvalue weighted by Gasteiger charge is -2.23. The van der Waals surface area contributed by atoms with Crippen LogP contribution in [0.2, 0.25) is 0 Å². The highest BCUT2D eigenvalue weighted by Gasteiger charge is 2.27. The number of methoxy groups -OCH3 is 1. The Morgan fingerprint density at radius 2 is 2.07 bits per heavy atom. The molecule has 0 radical (unpaired) electrons. The molecule has 0 saturated carbocycles. The lowest BCUT2D eigenvalue weighted by molar-refractivity contribution is -0.115. The van der Waals surface area contributed by atoms with Crippen LogP contribution in [0.1, 0.15) is 28.8 Å². The van der Waals surface area contributed by atoms with Gasteiger partial charge in [-0.1, -0.05) is 28.9 Å². The minimum absolute atomic E-state index is 0.0395. The van der Waals surface area contributed by atoms with Crippen LogP contribution in [0.25, 0.3) is 0 Å². The molecule has 3 aromatic rings. The first-order valence-corrected chi connectivity index (χ1v) is 9.09. The number of hydrogen-bond donors (Lipinski definition) is 1. The number of carbonyl (C=O) groups is 1. The van der Waals surface area contributed by atoms with E-state index >= 15 is 0 Å². The molecule has 1 aliphatic heterocycles. The van der Waals surface area contributed by atoms with Crippen molar-refractivity contribution in [2.24, 2.45) is 0 Å². The summed E-state index contributed by atoms with van der Waals surface area (Å²) in [5.74, 6) is 2.19. The topological polar surface area (TPSA) is 86.5 Å². The van der Waals surface area contributed by atoms with E-state index in [0.29, 0.717) is 18.3 Å². The van der Waals surface area contributed by atoms with Crippen LogP contribution < -0.4 is 14.8 Å². The van der Waals surface area contributed by atoms with E-state index in [2.05, 4.69) is 15.5 Å². The van der Waals surface area contributed by atoms with E-state index in [0.717, 1.165) is 34.7 Å². The van der Waals surface area contributed by atoms with Gasteiger partial charge in [-0.15, -0.1) is 0 Å². The number of nitrogens with zero attached hydrogens (tertiary/aromatic N) is 2. The Balaban J connectivity index is 1.38. The van der Waals surface area contributed by atoms with Crippen LogP contribution in [0.5, 0.6) is 11.5 Å². The first-order valence-electron chi connectivity index (χ1n) is 9.09. The van der Waals surface area contributed by atoms with Crippen molar-refractivity contribution in [2.45, 2.75) is 25.7 Å². The predicted octanol–water partition coefficient (Wildman–Crippen LogP) is 3.29. The molecule has 2 heterocycles. The van der Waals surface area contributed by atoms with Gasteiger partial charge in [0.15, 0.2) is 5.82 Å². The van der Waals surface area contributed by atoms with Gasteiger partial charge in [0.1, 0.15) is 18.1 Å². The zero-order valence-electron chi connectivity index (χ0n) is 15.8. The average molecular weight is 379 g/mol. The van der Waals surface area contributed by atoms with Crippen molar-refractivity contribution in [3.8, 4) is 11.5 Å². The number of nitrogens with one attached hydrogen (secondary N) is 1. The number of aryl methyl sites for hydroxylation is 1. The molecule has 4 rings (SSSR count). The highest BCUT2D eigenvalue weighted by Crippen LogP contribution is 2.34. The van der Waals surface area contributed by atoms with Gasteiger partial charge >= 0.3 is 0 Å². The zero-order valence-corrected chi connectivity index (χ0v) is 15.8. The number of aromatic nitrogens is 2. The molecule has 0 saturated heterocycles. The molecule has 0 aliphatic carbocycles. The molecule has 144 valence electrons. The molecule has 1 aromatic heterocycles. The Kier molecular flexibility index (Phi) is 4.97. The van der Waals surface area contributed by atoms with Gasteiger partial charge in [-0.3, -0.25) is 4.79 Å². The quantitative estimate of drug-likeness (QED) is 0.732. The molecule has 1 atom stereocenters. The minimum Gasteiger partial charge on any atom is -0.497 e. The molecule has 28 heavy (non-hydrogen) atoms. The second-order valence-corrected chi connectivity index (χ2v) is 6.83. The molecule has 7 nitrogen and oxygen atoms in total. The van der Waals surface area contributed by atoms with E-state index in [-0.39, 0.29) is 18.2 Å². The van der Waals surface area contributed by atoms with Gasteiger partial charge in [0, 0.05) is 11.8 Å². The second-order valence-electron chi connectivity index (χ2n) is 6.83. The third-order valence-corrected chi connectivity index (χ3v) is 4.67. The molecule has 0 spiro atoms. The molecular weight excluding hydrogens is 358 g/mol. The Morgan fingerprint density at radius 3 is 2.86 bits per heavy atom. The maximum absolute atomic E-state index is 12.2. The van der Waals surface area contributed by atoms with Gasteiger partial charge in [-0.25, -0.2) is 0 Å². The van der Waals surface area contributed by atoms with Crippen molar-refractivity contribution in [1.82, 2.24) is 10.1 Å². The standard InChI is InChI=1S/C21H21N3O4/c1-13-3-6-16(7-4-13)22-20(25)11-19-23-21(28-24-19)15-9-14-5-8-17(26-2)10-18(14)27-12-15/h3-8,10,15H,9,11-12H2,1-2H3,(H,22,25)/t15-/m1/s1. The summed E-state index contributed by atoms with van der Waals surface area (Å²) < 4.78 is 16.4. The Morgan fingerprint density at radius 1 is 1.25 bits per heavy atom. The number of rotatable bonds is 5. The van der Waals surface area contributed by atoms with Crippen LogP contribution in [-0.2, 0) is 17.6 Å². The van der Waals surface area contributed by atoms with Crippen LogP contribution in [0.4, 0.5) is 5.69 Å². The van der Waals surface area contributed by atoms with Crippen LogP contribution in [-0.4, -0.2) is 29.8 Å². The molecule has 0 unspecified atom stereocenters. The summed E-state index contributed by atoms with van der Waals surface area (Å²) >= 11 is 0. The van der Waals surface area contributed by atoms with Gasteiger partial charge in [-0.05, 0) is 37.1 Å². The van der Waals surface area contributed by atoms with Crippen molar-refractivity contribution in [3.63, 3.8) is 0 Å². The molecule has 0 bridgehead atoms. The number of ether oxygens (including phenoxy) is 2. The van der Waals surface area contributed by atoms with Crippen molar-refractivity contribution in [2.75, 3.05) is 19.0 Å². The predicted molar refractivity (Wildman–Crippen MR) is 103 cm³/mol. The molecular formula is C21H21N3O4. The lowest BCUT2D eigenvalue weighted by atomic mass is 9.96. The van der Waals surface area contributed by atoms with Gasteiger partial charge in [0.25, 0.3) is 0 Å². The molecule has 1 amide bonds. The number of carbonyl (C=O) groups excluding carboxylic acids is 1. The fraction of sp³-hybridized carbons (Fsp3) is 0.286. The van der Waals surface area contributed by atoms with Crippen molar-refractivity contribution in [1.29, 1.82) is 0 Å². The average Bonchev–Trinajstić information content (AvgIpc) is 3.17. The lowest BCUT2D eigenvalue weighted by Crippen LogP contribution is -2.20. The monoisotopic (exact) mass is 379 g/mol. The van der Waals surface area contributed by atoms with Crippen molar-refractivity contribution in [3.05, 3.63) is 65.3 Å². The van der Waals surface area contributed by atoms with Crippen molar-refractivity contribution >= 4 is 11.6 Å².